The molecule has 4 heteroatoms. The van der Waals surface area contributed by atoms with Crippen molar-refractivity contribution < 1.29 is 9.84 Å². The lowest BCUT2D eigenvalue weighted by atomic mass is 9.96. The molecule has 0 radical (unpaired) electrons. The highest BCUT2D eigenvalue weighted by Gasteiger charge is 2.24. The van der Waals surface area contributed by atoms with Gasteiger partial charge in [0.05, 0.1) is 13.2 Å². The highest BCUT2D eigenvalue weighted by molar-refractivity contribution is 5.25. The number of aliphatic hydroxyl groups is 1. The normalized spacial score (nSPS) is 25.8. The summed E-state index contributed by atoms with van der Waals surface area (Å²) in [6.07, 6.45) is 2.56. The number of hydrogen-bond donors (Lipinski definition) is 1. The summed E-state index contributed by atoms with van der Waals surface area (Å²) in [6, 6.07) is 3.94. The molecule has 2 heterocycles. The van der Waals surface area contributed by atoms with Crippen LogP contribution in [0.3, 0.4) is 0 Å². The fourth-order valence-corrected chi connectivity index (χ4v) is 2.23. The fraction of sp³-hybridized carbons (Fsp3) is 0.615. The molecule has 0 saturated carbocycles. The molecule has 0 spiro atoms. The third kappa shape index (κ3) is 2.96. The van der Waals surface area contributed by atoms with Crippen LogP contribution in [0.1, 0.15) is 18.9 Å². The Kier molecular flexibility index (Phi) is 3.97. The van der Waals surface area contributed by atoms with Gasteiger partial charge in [0.2, 0.25) is 5.88 Å². The number of likely N-dealkylation sites (tertiary alicyclic amines) is 1. The summed E-state index contributed by atoms with van der Waals surface area (Å²) in [7, 11) is 1.64. The van der Waals surface area contributed by atoms with Crippen molar-refractivity contribution in [2.24, 2.45) is 5.92 Å². The molecule has 0 bridgehead atoms. The van der Waals surface area contributed by atoms with Crippen molar-refractivity contribution in [2.75, 3.05) is 20.2 Å². The summed E-state index contributed by atoms with van der Waals surface area (Å²) in [5.74, 6) is 1.09. The van der Waals surface area contributed by atoms with E-state index in [-0.39, 0.29) is 6.10 Å². The highest BCUT2D eigenvalue weighted by atomic mass is 16.5. The second-order valence-corrected chi connectivity index (χ2v) is 4.74. The Bertz CT molecular complexity index is 370. The first-order valence-corrected chi connectivity index (χ1v) is 6.09. The smallest absolute Gasteiger partial charge is 0.217 e. The fourth-order valence-electron chi connectivity index (χ4n) is 2.23. The molecule has 0 aromatic carbocycles. The van der Waals surface area contributed by atoms with Crippen molar-refractivity contribution in [1.82, 2.24) is 9.88 Å². The van der Waals surface area contributed by atoms with Crippen LogP contribution in [0.4, 0.5) is 0 Å². The first-order valence-electron chi connectivity index (χ1n) is 6.09. The Balaban J connectivity index is 2.01. The predicted molar refractivity (Wildman–Crippen MR) is 65.9 cm³/mol. The number of nitrogens with zero attached hydrogens (tertiary/aromatic N) is 2. The Labute approximate surface area is 102 Å². The van der Waals surface area contributed by atoms with Gasteiger partial charge in [0.15, 0.2) is 0 Å². The average Bonchev–Trinajstić information content (AvgIpc) is 2.34. The van der Waals surface area contributed by atoms with Crippen LogP contribution in [0.5, 0.6) is 5.88 Å². The highest BCUT2D eigenvalue weighted by Crippen LogP contribution is 2.21. The monoisotopic (exact) mass is 236 g/mol. The van der Waals surface area contributed by atoms with Gasteiger partial charge in [-0.15, -0.1) is 0 Å². The lowest BCUT2D eigenvalue weighted by molar-refractivity contribution is 0.0256. The summed E-state index contributed by atoms with van der Waals surface area (Å²) in [5.41, 5.74) is 1.08. The van der Waals surface area contributed by atoms with Gasteiger partial charge in [-0.1, -0.05) is 13.0 Å². The van der Waals surface area contributed by atoms with Gasteiger partial charge in [-0.2, -0.15) is 0 Å². The molecule has 0 amide bonds. The van der Waals surface area contributed by atoms with E-state index in [2.05, 4.69) is 16.8 Å². The summed E-state index contributed by atoms with van der Waals surface area (Å²) >= 11 is 0. The molecule has 0 aliphatic carbocycles. The van der Waals surface area contributed by atoms with E-state index in [4.69, 9.17) is 4.74 Å². The van der Waals surface area contributed by atoms with Gasteiger partial charge < -0.3 is 9.84 Å². The molecule has 94 valence electrons. The molecule has 2 unspecified atom stereocenters. The van der Waals surface area contributed by atoms with Crippen molar-refractivity contribution in [2.45, 2.75) is 26.0 Å². The van der Waals surface area contributed by atoms with Crippen LogP contribution in [0.25, 0.3) is 0 Å². The molecule has 1 aliphatic heterocycles. The zero-order chi connectivity index (χ0) is 12.3. The summed E-state index contributed by atoms with van der Waals surface area (Å²) in [5, 5.41) is 9.86. The molecule has 1 aromatic rings. The zero-order valence-electron chi connectivity index (χ0n) is 10.5. The summed E-state index contributed by atoms with van der Waals surface area (Å²) in [6.45, 7) is 4.66. The first kappa shape index (κ1) is 12.3. The van der Waals surface area contributed by atoms with E-state index in [0.29, 0.717) is 11.8 Å². The summed E-state index contributed by atoms with van der Waals surface area (Å²) < 4.78 is 5.23. The number of piperidine rings is 1. The van der Waals surface area contributed by atoms with Gasteiger partial charge in [-0.25, -0.2) is 4.98 Å². The van der Waals surface area contributed by atoms with Crippen molar-refractivity contribution >= 4 is 0 Å². The molecule has 1 N–H and O–H groups in total. The number of rotatable bonds is 3. The molecule has 4 nitrogen and oxygen atoms in total. The van der Waals surface area contributed by atoms with Crippen LogP contribution in [-0.2, 0) is 6.54 Å². The molecule has 2 atom stereocenters. The Morgan fingerprint density at radius 1 is 1.59 bits per heavy atom. The predicted octanol–water partition coefficient (Wildman–Crippen LogP) is 1.29. The van der Waals surface area contributed by atoms with E-state index in [1.165, 1.54) is 0 Å². The van der Waals surface area contributed by atoms with E-state index in [0.717, 1.165) is 31.6 Å². The molecule has 1 aromatic heterocycles. The van der Waals surface area contributed by atoms with Gasteiger partial charge in [-0.3, -0.25) is 4.90 Å². The molecule has 1 fully saturated rings. The number of ether oxygens (including phenoxy) is 1. The van der Waals surface area contributed by atoms with Gasteiger partial charge in [-0.05, 0) is 24.9 Å². The van der Waals surface area contributed by atoms with Crippen molar-refractivity contribution in [3.8, 4) is 5.88 Å². The van der Waals surface area contributed by atoms with Crippen LogP contribution in [0.2, 0.25) is 0 Å². The van der Waals surface area contributed by atoms with Gasteiger partial charge in [0, 0.05) is 24.8 Å². The minimum absolute atomic E-state index is 0.216. The molecule has 17 heavy (non-hydrogen) atoms. The van der Waals surface area contributed by atoms with E-state index in [1.807, 2.05) is 12.1 Å². The molecular formula is C13H20N2O2. The maximum absolute atomic E-state index is 9.86. The molecule has 2 rings (SSSR count). The van der Waals surface area contributed by atoms with Crippen LogP contribution >= 0.6 is 0 Å². The third-order valence-electron chi connectivity index (χ3n) is 3.44. The minimum atomic E-state index is -0.216. The van der Waals surface area contributed by atoms with Crippen molar-refractivity contribution in [1.29, 1.82) is 0 Å². The largest absolute Gasteiger partial charge is 0.481 e. The summed E-state index contributed by atoms with van der Waals surface area (Å²) in [4.78, 5) is 6.44. The van der Waals surface area contributed by atoms with E-state index < -0.39 is 0 Å². The number of β-amino-alcohol motifs (C(OH)–C–C–N with tert-alkyl or cyclic N) is 1. The quantitative estimate of drug-likeness (QED) is 0.859. The van der Waals surface area contributed by atoms with Crippen molar-refractivity contribution in [3.63, 3.8) is 0 Å². The van der Waals surface area contributed by atoms with Gasteiger partial charge in [0.1, 0.15) is 0 Å². The Morgan fingerprint density at radius 3 is 3.12 bits per heavy atom. The number of methoxy groups -OCH3 is 1. The lowest BCUT2D eigenvalue weighted by Crippen LogP contribution is -2.42. The van der Waals surface area contributed by atoms with Crippen LogP contribution in [-0.4, -0.2) is 41.3 Å². The zero-order valence-corrected chi connectivity index (χ0v) is 10.5. The lowest BCUT2D eigenvalue weighted by Gasteiger charge is -2.34. The topological polar surface area (TPSA) is 45.6 Å². The molecular weight excluding hydrogens is 216 g/mol. The van der Waals surface area contributed by atoms with Gasteiger partial charge in [0.25, 0.3) is 0 Å². The maximum Gasteiger partial charge on any atom is 0.217 e. The average molecular weight is 236 g/mol. The van der Waals surface area contributed by atoms with E-state index in [1.54, 1.807) is 13.3 Å². The SMILES string of the molecule is COc1ncccc1CN1CCC(C)C(O)C1. The van der Waals surface area contributed by atoms with Crippen LogP contribution < -0.4 is 4.74 Å². The maximum atomic E-state index is 9.86. The first-order chi connectivity index (χ1) is 8.20. The third-order valence-corrected chi connectivity index (χ3v) is 3.44. The second kappa shape index (κ2) is 5.47. The Hall–Kier alpha value is -1.13. The van der Waals surface area contributed by atoms with Crippen molar-refractivity contribution in [3.05, 3.63) is 23.9 Å². The van der Waals surface area contributed by atoms with Crippen LogP contribution in [0.15, 0.2) is 18.3 Å². The van der Waals surface area contributed by atoms with E-state index in [9.17, 15) is 5.11 Å². The Morgan fingerprint density at radius 2 is 2.41 bits per heavy atom. The number of aromatic nitrogens is 1. The number of aliphatic hydroxyl groups excluding tert-OH is 1. The minimum Gasteiger partial charge on any atom is -0.481 e. The van der Waals surface area contributed by atoms with E-state index >= 15 is 0 Å². The standard InChI is InChI=1S/C13H20N2O2/c1-10-5-7-15(9-12(10)16)8-11-4-3-6-14-13(11)17-2/h3-4,6,10,12,16H,5,7-9H2,1-2H3. The second-order valence-electron chi connectivity index (χ2n) is 4.74. The number of pyridine rings is 1. The molecule has 1 aliphatic rings. The molecule has 1 saturated heterocycles. The van der Waals surface area contributed by atoms with Crippen LogP contribution in [0, 0.1) is 5.92 Å². The number of hydrogen-bond acceptors (Lipinski definition) is 4. The van der Waals surface area contributed by atoms with Gasteiger partial charge >= 0.3 is 0 Å².